The molecular formula is C13H16N4S. The SMILES string of the molecule is NC1C2CCC(C2)C1c1nc(-c2cccs2)n[nH]1. The minimum atomic E-state index is 0.271. The third kappa shape index (κ3) is 1.47. The van der Waals surface area contributed by atoms with Crippen LogP contribution in [0.25, 0.3) is 10.7 Å². The van der Waals surface area contributed by atoms with Crippen molar-refractivity contribution in [1.82, 2.24) is 15.2 Å². The second-order valence-corrected chi connectivity index (χ2v) is 6.41. The molecule has 2 aromatic rings. The first-order valence-electron chi connectivity index (χ1n) is 6.54. The van der Waals surface area contributed by atoms with E-state index >= 15 is 0 Å². The summed E-state index contributed by atoms with van der Waals surface area (Å²) in [4.78, 5) is 5.79. The van der Waals surface area contributed by atoms with Gasteiger partial charge >= 0.3 is 0 Å². The second kappa shape index (κ2) is 3.90. The highest BCUT2D eigenvalue weighted by Crippen LogP contribution is 2.51. The molecule has 4 nitrogen and oxygen atoms in total. The number of rotatable bonds is 2. The molecule has 0 aromatic carbocycles. The zero-order valence-electron chi connectivity index (χ0n) is 10.0. The molecule has 2 saturated carbocycles. The Bertz CT molecular complexity index is 545. The van der Waals surface area contributed by atoms with Crippen LogP contribution in [-0.4, -0.2) is 21.2 Å². The maximum absolute atomic E-state index is 6.34. The molecule has 2 heterocycles. The van der Waals surface area contributed by atoms with Gasteiger partial charge in [0.1, 0.15) is 5.82 Å². The molecule has 0 spiro atoms. The second-order valence-electron chi connectivity index (χ2n) is 5.46. The van der Waals surface area contributed by atoms with Crippen LogP contribution in [0.4, 0.5) is 0 Å². The van der Waals surface area contributed by atoms with Gasteiger partial charge in [-0.3, -0.25) is 5.10 Å². The monoisotopic (exact) mass is 260 g/mol. The number of nitrogens with one attached hydrogen (secondary N) is 1. The number of hydrogen-bond acceptors (Lipinski definition) is 4. The van der Waals surface area contributed by atoms with Gasteiger partial charge in [0.15, 0.2) is 5.82 Å². The van der Waals surface area contributed by atoms with Crippen molar-refractivity contribution in [1.29, 1.82) is 0 Å². The Hall–Kier alpha value is -1.20. The molecule has 94 valence electrons. The zero-order valence-corrected chi connectivity index (χ0v) is 10.9. The Morgan fingerprint density at radius 3 is 2.94 bits per heavy atom. The quantitative estimate of drug-likeness (QED) is 0.871. The normalized spacial score (nSPS) is 34.3. The number of fused-ring (bicyclic) bond motifs is 2. The van der Waals surface area contributed by atoms with Crippen molar-refractivity contribution in [3.05, 3.63) is 23.3 Å². The highest BCUT2D eigenvalue weighted by atomic mass is 32.1. The van der Waals surface area contributed by atoms with Crippen LogP contribution in [0.2, 0.25) is 0 Å². The molecule has 4 rings (SSSR count). The molecule has 0 saturated heterocycles. The van der Waals surface area contributed by atoms with Gasteiger partial charge in [0.2, 0.25) is 0 Å². The van der Waals surface area contributed by atoms with E-state index in [0.717, 1.165) is 16.5 Å². The van der Waals surface area contributed by atoms with Crippen LogP contribution in [0, 0.1) is 11.8 Å². The minimum Gasteiger partial charge on any atom is -0.327 e. The van der Waals surface area contributed by atoms with Gasteiger partial charge in [0.25, 0.3) is 0 Å². The molecule has 4 atom stereocenters. The van der Waals surface area contributed by atoms with E-state index < -0.39 is 0 Å². The summed E-state index contributed by atoms with van der Waals surface area (Å²) in [5, 5.41) is 9.51. The van der Waals surface area contributed by atoms with Crippen molar-refractivity contribution in [3.63, 3.8) is 0 Å². The van der Waals surface area contributed by atoms with E-state index in [4.69, 9.17) is 5.73 Å². The van der Waals surface area contributed by atoms with Crippen molar-refractivity contribution in [2.45, 2.75) is 31.2 Å². The molecule has 2 fully saturated rings. The maximum atomic E-state index is 6.34. The van der Waals surface area contributed by atoms with Crippen LogP contribution in [0.3, 0.4) is 0 Å². The Morgan fingerprint density at radius 1 is 1.33 bits per heavy atom. The number of H-pyrrole nitrogens is 1. The average molecular weight is 260 g/mol. The topological polar surface area (TPSA) is 67.6 Å². The summed E-state index contributed by atoms with van der Waals surface area (Å²) in [5.74, 6) is 3.63. The molecule has 3 N–H and O–H groups in total. The highest BCUT2D eigenvalue weighted by molar-refractivity contribution is 7.13. The van der Waals surface area contributed by atoms with Gasteiger partial charge < -0.3 is 5.73 Å². The standard InChI is InChI=1S/C13H16N4S/c14-11-8-4-3-7(6-8)10(11)13-15-12(16-17-13)9-2-1-5-18-9/h1-2,5,7-8,10-11H,3-4,6,14H2,(H,15,16,17). The molecule has 0 amide bonds. The van der Waals surface area contributed by atoms with E-state index in [-0.39, 0.29) is 6.04 Å². The maximum Gasteiger partial charge on any atom is 0.191 e. The number of hydrogen-bond donors (Lipinski definition) is 2. The summed E-state index contributed by atoms with van der Waals surface area (Å²) in [6, 6.07) is 4.35. The van der Waals surface area contributed by atoms with Gasteiger partial charge in [-0.2, -0.15) is 5.10 Å². The summed E-state index contributed by atoms with van der Waals surface area (Å²) >= 11 is 1.67. The van der Waals surface area contributed by atoms with E-state index in [1.54, 1.807) is 11.3 Å². The summed E-state index contributed by atoms with van der Waals surface area (Å²) in [6.07, 6.45) is 3.88. The van der Waals surface area contributed by atoms with Crippen LogP contribution in [0.5, 0.6) is 0 Å². The fourth-order valence-corrected chi connectivity index (χ4v) is 4.34. The van der Waals surface area contributed by atoms with Gasteiger partial charge in [-0.05, 0) is 42.5 Å². The Morgan fingerprint density at radius 2 is 2.22 bits per heavy atom. The summed E-state index contributed by atoms with van der Waals surface area (Å²) in [5.41, 5.74) is 6.34. The predicted molar refractivity (Wildman–Crippen MR) is 71.2 cm³/mol. The molecule has 18 heavy (non-hydrogen) atoms. The number of aromatic amines is 1. The smallest absolute Gasteiger partial charge is 0.191 e. The molecular weight excluding hydrogens is 244 g/mol. The Balaban J connectivity index is 1.66. The molecule has 4 unspecified atom stereocenters. The number of nitrogens with zero attached hydrogens (tertiary/aromatic N) is 2. The van der Waals surface area contributed by atoms with Crippen LogP contribution in [0.15, 0.2) is 17.5 Å². The molecule has 2 aromatic heterocycles. The molecule has 0 radical (unpaired) electrons. The molecule has 2 aliphatic rings. The van der Waals surface area contributed by atoms with Crippen LogP contribution < -0.4 is 5.73 Å². The van der Waals surface area contributed by atoms with Crippen molar-refractivity contribution >= 4 is 11.3 Å². The van der Waals surface area contributed by atoms with E-state index in [0.29, 0.717) is 17.8 Å². The van der Waals surface area contributed by atoms with Crippen molar-refractivity contribution in [2.24, 2.45) is 17.6 Å². The Kier molecular flexibility index (Phi) is 2.32. The predicted octanol–water partition coefficient (Wildman–Crippen LogP) is 2.37. The van der Waals surface area contributed by atoms with Gasteiger partial charge in [0, 0.05) is 12.0 Å². The fourth-order valence-electron chi connectivity index (χ4n) is 3.68. The lowest BCUT2D eigenvalue weighted by Crippen LogP contribution is -2.34. The summed E-state index contributed by atoms with van der Waals surface area (Å²) in [7, 11) is 0. The molecule has 0 aliphatic heterocycles. The van der Waals surface area contributed by atoms with E-state index in [9.17, 15) is 0 Å². The van der Waals surface area contributed by atoms with Crippen LogP contribution in [0.1, 0.15) is 31.0 Å². The molecule has 2 aliphatic carbocycles. The van der Waals surface area contributed by atoms with Gasteiger partial charge in [0.05, 0.1) is 4.88 Å². The van der Waals surface area contributed by atoms with Crippen LogP contribution >= 0.6 is 11.3 Å². The lowest BCUT2D eigenvalue weighted by Gasteiger charge is -2.25. The third-order valence-electron chi connectivity index (χ3n) is 4.54. The van der Waals surface area contributed by atoms with Gasteiger partial charge in [-0.25, -0.2) is 4.98 Å². The molecule has 2 bridgehead atoms. The number of nitrogens with two attached hydrogens (primary N) is 1. The van der Waals surface area contributed by atoms with Crippen molar-refractivity contribution < 1.29 is 0 Å². The molecule has 5 heteroatoms. The van der Waals surface area contributed by atoms with E-state index in [1.807, 2.05) is 6.07 Å². The third-order valence-corrected chi connectivity index (χ3v) is 5.41. The van der Waals surface area contributed by atoms with Gasteiger partial charge in [-0.1, -0.05) is 6.07 Å². The lowest BCUT2D eigenvalue weighted by molar-refractivity contribution is 0.355. The van der Waals surface area contributed by atoms with Gasteiger partial charge in [-0.15, -0.1) is 11.3 Å². The van der Waals surface area contributed by atoms with Crippen molar-refractivity contribution in [3.8, 4) is 10.7 Å². The number of aromatic nitrogens is 3. The minimum absolute atomic E-state index is 0.271. The summed E-state index contributed by atoms with van der Waals surface area (Å²) in [6.45, 7) is 0. The van der Waals surface area contributed by atoms with Crippen LogP contribution in [-0.2, 0) is 0 Å². The highest BCUT2D eigenvalue weighted by Gasteiger charge is 2.47. The Labute approximate surface area is 110 Å². The lowest BCUT2D eigenvalue weighted by atomic mass is 9.84. The zero-order chi connectivity index (χ0) is 12.1. The largest absolute Gasteiger partial charge is 0.327 e. The fraction of sp³-hybridized carbons (Fsp3) is 0.538. The van der Waals surface area contributed by atoms with Crippen molar-refractivity contribution in [2.75, 3.05) is 0 Å². The van der Waals surface area contributed by atoms with E-state index in [2.05, 4.69) is 26.6 Å². The first kappa shape index (κ1) is 10.7. The average Bonchev–Trinajstić information content (AvgIpc) is 3.13. The summed E-state index contributed by atoms with van der Waals surface area (Å²) < 4.78 is 0. The number of thiophene rings is 1. The van der Waals surface area contributed by atoms with E-state index in [1.165, 1.54) is 19.3 Å². The first-order chi connectivity index (χ1) is 8.83. The first-order valence-corrected chi connectivity index (χ1v) is 7.42.